The van der Waals surface area contributed by atoms with Crippen LogP contribution in [0.5, 0.6) is 0 Å². The topological polar surface area (TPSA) is 56.2 Å². The summed E-state index contributed by atoms with van der Waals surface area (Å²) in [5, 5.41) is 8.14. The number of halogens is 1. The van der Waals surface area contributed by atoms with Gasteiger partial charge < -0.3 is 10.1 Å². The van der Waals surface area contributed by atoms with Crippen molar-refractivity contribution in [1.29, 1.82) is 0 Å². The van der Waals surface area contributed by atoms with Crippen LogP contribution < -0.4 is 5.32 Å². The molecule has 0 saturated carbocycles. The number of ether oxygens (including phenoxy) is 1. The van der Waals surface area contributed by atoms with Crippen LogP contribution in [0.15, 0.2) is 47.8 Å². The number of hydrogen-bond acceptors (Lipinski definition) is 4. The molecule has 1 aliphatic rings. The zero-order chi connectivity index (χ0) is 16.6. The van der Waals surface area contributed by atoms with Crippen LogP contribution >= 0.6 is 11.6 Å². The zero-order valence-electron chi connectivity index (χ0n) is 13.2. The molecule has 0 amide bonds. The Morgan fingerprint density at radius 2 is 2.09 bits per heavy atom. The molecule has 0 radical (unpaired) electrons. The van der Waals surface area contributed by atoms with Gasteiger partial charge in [0.25, 0.3) is 0 Å². The number of hydrogen-bond donors (Lipinski definition) is 1. The maximum Gasteiger partial charge on any atom is 0.338 e. The molecule has 1 unspecified atom stereocenters. The van der Waals surface area contributed by atoms with Crippen LogP contribution in [0.25, 0.3) is 0 Å². The number of aromatic nitrogens is 2. The minimum Gasteiger partial charge on any atom is -0.459 e. The fourth-order valence-corrected chi connectivity index (χ4v) is 2.97. The van der Waals surface area contributed by atoms with Gasteiger partial charge in [0.15, 0.2) is 0 Å². The standard InChI is InChI=1S/C17H18ClN3O2/c1-10(2)23-17(22)15-11(3)20-14-8-9-19-21(14)16(15)12-6-4-5-7-13(12)18/h4-10,16,20H,1-3H3. The highest BCUT2D eigenvalue weighted by Gasteiger charge is 2.34. The lowest BCUT2D eigenvalue weighted by molar-refractivity contribution is -0.143. The zero-order valence-corrected chi connectivity index (χ0v) is 14.0. The quantitative estimate of drug-likeness (QED) is 0.870. The van der Waals surface area contributed by atoms with Crippen molar-refractivity contribution in [3.8, 4) is 0 Å². The molecule has 0 saturated heterocycles. The number of esters is 1. The predicted molar refractivity (Wildman–Crippen MR) is 89.4 cm³/mol. The first-order chi connectivity index (χ1) is 11.0. The molecule has 3 rings (SSSR count). The van der Waals surface area contributed by atoms with Crippen molar-refractivity contribution >= 4 is 23.4 Å². The number of rotatable bonds is 3. The fourth-order valence-electron chi connectivity index (χ4n) is 2.73. The van der Waals surface area contributed by atoms with Crippen molar-refractivity contribution in [3.63, 3.8) is 0 Å². The number of nitrogens with zero attached hydrogens (tertiary/aromatic N) is 2. The number of benzene rings is 1. The van der Waals surface area contributed by atoms with Gasteiger partial charge in [0, 0.05) is 22.3 Å². The Kier molecular flexibility index (Phi) is 4.13. The van der Waals surface area contributed by atoms with Gasteiger partial charge in [-0.2, -0.15) is 5.10 Å². The third-order valence-corrected chi connectivity index (χ3v) is 4.01. The molecule has 0 bridgehead atoms. The molecule has 120 valence electrons. The third kappa shape index (κ3) is 2.84. The van der Waals surface area contributed by atoms with Crippen LogP contribution in [-0.2, 0) is 9.53 Å². The summed E-state index contributed by atoms with van der Waals surface area (Å²) in [6, 6.07) is 8.91. The van der Waals surface area contributed by atoms with Crippen LogP contribution in [0.3, 0.4) is 0 Å². The lowest BCUT2D eigenvalue weighted by Gasteiger charge is -2.30. The highest BCUT2D eigenvalue weighted by atomic mass is 35.5. The van der Waals surface area contributed by atoms with E-state index in [0.717, 1.165) is 17.1 Å². The van der Waals surface area contributed by atoms with Gasteiger partial charge in [-0.05, 0) is 26.8 Å². The summed E-state index contributed by atoms with van der Waals surface area (Å²) in [6.45, 7) is 5.51. The summed E-state index contributed by atoms with van der Waals surface area (Å²) in [6.07, 6.45) is 1.49. The van der Waals surface area contributed by atoms with Gasteiger partial charge in [0.2, 0.25) is 0 Å². The molecule has 1 atom stereocenters. The van der Waals surface area contributed by atoms with Gasteiger partial charge in [0.1, 0.15) is 11.9 Å². The van der Waals surface area contributed by atoms with Gasteiger partial charge >= 0.3 is 5.97 Å². The van der Waals surface area contributed by atoms with Gasteiger partial charge in [-0.1, -0.05) is 29.8 Å². The lowest BCUT2D eigenvalue weighted by Crippen LogP contribution is -2.30. The molecule has 0 aliphatic carbocycles. The van der Waals surface area contributed by atoms with E-state index in [9.17, 15) is 4.79 Å². The van der Waals surface area contributed by atoms with E-state index in [1.807, 2.05) is 51.1 Å². The van der Waals surface area contributed by atoms with Gasteiger partial charge in [-0.25, -0.2) is 9.48 Å². The van der Waals surface area contributed by atoms with Crippen molar-refractivity contribution in [2.24, 2.45) is 0 Å². The average molecular weight is 332 g/mol. The van der Waals surface area contributed by atoms with Gasteiger partial charge in [-0.15, -0.1) is 0 Å². The number of carbonyl (C=O) groups is 1. The molecule has 2 aromatic rings. The van der Waals surface area contributed by atoms with Gasteiger partial charge in [-0.3, -0.25) is 0 Å². The van der Waals surface area contributed by atoms with E-state index in [4.69, 9.17) is 16.3 Å². The minimum atomic E-state index is -0.416. The third-order valence-electron chi connectivity index (χ3n) is 3.67. The summed E-state index contributed by atoms with van der Waals surface area (Å²) in [4.78, 5) is 12.6. The number of anilines is 1. The van der Waals surface area contributed by atoms with Gasteiger partial charge in [0.05, 0.1) is 17.9 Å². The molecular weight excluding hydrogens is 314 g/mol. The minimum absolute atomic E-state index is 0.200. The molecule has 1 aromatic heterocycles. The van der Waals surface area contributed by atoms with Crippen molar-refractivity contribution in [3.05, 3.63) is 58.4 Å². The molecular formula is C17H18ClN3O2. The summed E-state index contributed by atoms with van der Waals surface area (Å²) in [5.41, 5.74) is 2.08. The van der Waals surface area contributed by atoms with E-state index in [2.05, 4.69) is 10.4 Å². The second kappa shape index (κ2) is 6.08. The average Bonchev–Trinajstić information content (AvgIpc) is 2.93. The SMILES string of the molecule is CC1=C(C(=O)OC(C)C)C(c2ccccc2Cl)n2nccc2N1. The van der Waals surface area contributed by atoms with E-state index in [-0.39, 0.29) is 12.1 Å². The smallest absolute Gasteiger partial charge is 0.338 e. The summed E-state index contributed by atoms with van der Waals surface area (Å²) >= 11 is 6.38. The van der Waals surface area contributed by atoms with E-state index in [1.54, 1.807) is 10.9 Å². The Labute approximate surface area is 139 Å². The molecule has 0 fully saturated rings. The number of carbonyl (C=O) groups excluding carboxylic acids is 1. The predicted octanol–water partition coefficient (Wildman–Crippen LogP) is 3.78. The number of fused-ring (bicyclic) bond motifs is 1. The monoisotopic (exact) mass is 331 g/mol. The highest BCUT2D eigenvalue weighted by Crippen LogP contribution is 2.38. The summed E-state index contributed by atoms with van der Waals surface area (Å²) in [7, 11) is 0. The largest absolute Gasteiger partial charge is 0.459 e. The Morgan fingerprint density at radius 3 is 2.78 bits per heavy atom. The van der Waals surface area contributed by atoms with Crippen molar-refractivity contribution in [2.75, 3.05) is 5.32 Å². The molecule has 23 heavy (non-hydrogen) atoms. The van der Waals surface area contributed by atoms with Crippen LogP contribution in [0.1, 0.15) is 32.4 Å². The fraction of sp³-hybridized carbons (Fsp3) is 0.294. The van der Waals surface area contributed by atoms with E-state index in [0.29, 0.717) is 10.6 Å². The normalized spacial score (nSPS) is 17.0. The Morgan fingerprint density at radius 1 is 1.35 bits per heavy atom. The second-order valence-electron chi connectivity index (χ2n) is 5.70. The van der Waals surface area contributed by atoms with E-state index >= 15 is 0 Å². The summed E-state index contributed by atoms with van der Waals surface area (Å²) < 4.78 is 7.18. The lowest BCUT2D eigenvalue weighted by atomic mass is 9.95. The molecule has 1 N–H and O–H groups in total. The molecule has 6 heteroatoms. The van der Waals surface area contributed by atoms with Crippen molar-refractivity contribution in [2.45, 2.75) is 32.9 Å². The molecule has 1 aliphatic heterocycles. The van der Waals surface area contributed by atoms with Crippen LogP contribution in [-0.4, -0.2) is 21.9 Å². The summed E-state index contributed by atoms with van der Waals surface area (Å²) in [5.74, 6) is 0.449. The molecule has 0 spiro atoms. The molecule has 1 aromatic carbocycles. The number of nitrogens with one attached hydrogen (secondary N) is 1. The van der Waals surface area contributed by atoms with Crippen molar-refractivity contribution < 1.29 is 9.53 Å². The highest BCUT2D eigenvalue weighted by molar-refractivity contribution is 6.31. The molecule has 5 nitrogen and oxygen atoms in total. The van der Waals surface area contributed by atoms with E-state index < -0.39 is 6.04 Å². The Hall–Kier alpha value is -2.27. The Bertz CT molecular complexity index is 780. The first-order valence-electron chi connectivity index (χ1n) is 7.45. The van der Waals surface area contributed by atoms with Crippen LogP contribution in [0.4, 0.5) is 5.82 Å². The van der Waals surface area contributed by atoms with Crippen molar-refractivity contribution in [1.82, 2.24) is 9.78 Å². The van der Waals surface area contributed by atoms with Crippen LogP contribution in [0, 0.1) is 0 Å². The van der Waals surface area contributed by atoms with Crippen LogP contribution in [0.2, 0.25) is 5.02 Å². The maximum absolute atomic E-state index is 12.6. The first kappa shape index (κ1) is 15.6. The molecule has 2 heterocycles. The maximum atomic E-state index is 12.6. The first-order valence-corrected chi connectivity index (χ1v) is 7.83. The van der Waals surface area contributed by atoms with E-state index in [1.165, 1.54) is 0 Å². The Balaban J connectivity index is 2.15. The second-order valence-corrected chi connectivity index (χ2v) is 6.11. The number of allylic oxidation sites excluding steroid dienone is 1.